The predicted molar refractivity (Wildman–Crippen MR) is 48.6 cm³/mol. The monoisotopic (exact) mass is 256 g/mol. The van der Waals surface area contributed by atoms with Crippen molar-refractivity contribution in [3.05, 3.63) is 10.6 Å². The maximum atomic E-state index is 5.51. The first kappa shape index (κ1) is 13.4. The number of hydrogen-bond acceptors (Lipinski definition) is 4. The number of aromatic nitrogens is 3. The first-order valence-electron chi connectivity index (χ1n) is 3.31. The Morgan fingerprint density at radius 3 is 2.07 bits per heavy atom. The molecule has 0 aliphatic rings. The third kappa shape index (κ3) is 4.55. The van der Waals surface area contributed by atoms with Crippen molar-refractivity contribution in [2.75, 3.05) is 14.1 Å². The molecule has 78 valence electrons. The molecule has 1 aromatic heterocycles. The van der Waals surface area contributed by atoms with E-state index in [1.165, 1.54) is 6.40 Å². The molecular weight excluding hydrogens is 250 g/mol. The molecule has 14 heavy (non-hydrogen) atoms. The molecule has 1 aromatic rings. The number of ether oxygens (including phenoxy) is 1. The van der Waals surface area contributed by atoms with Gasteiger partial charge in [0.1, 0.15) is 14.1 Å². The Balaban J connectivity index is 0.00000169. The molecule has 0 fully saturated rings. The topological polar surface area (TPSA) is 50.9 Å². The summed E-state index contributed by atoms with van der Waals surface area (Å²) in [4.78, 5) is 10.9. The second-order valence-electron chi connectivity index (χ2n) is 2.34. The van der Waals surface area contributed by atoms with Crippen LogP contribution in [0.4, 0.5) is 0 Å². The van der Waals surface area contributed by atoms with Crippen LogP contribution in [0.5, 0.6) is 6.01 Å². The molecule has 0 aliphatic carbocycles. The largest absolute Gasteiger partial charge is 1.00 e. The van der Waals surface area contributed by atoms with E-state index in [-0.39, 0.29) is 29.0 Å². The molecule has 0 saturated carbocycles. The average molecular weight is 258 g/mol. The zero-order valence-electron chi connectivity index (χ0n) is 7.41. The maximum Gasteiger partial charge on any atom is 0.331 e. The van der Waals surface area contributed by atoms with Gasteiger partial charge in [0.25, 0.3) is 0 Å². The van der Waals surface area contributed by atoms with Crippen LogP contribution < -0.4 is 17.1 Å². The zero-order chi connectivity index (χ0) is 9.84. The number of halogens is 3. The van der Waals surface area contributed by atoms with Gasteiger partial charge < -0.3 is 17.1 Å². The molecule has 8 heteroatoms. The van der Waals surface area contributed by atoms with E-state index >= 15 is 0 Å². The summed E-state index contributed by atoms with van der Waals surface area (Å²) in [6, 6.07) is 0.0682. The van der Waals surface area contributed by atoms with E-state index in [1.54, 1.807) is 18.7 Å². The zero-order valence-corrected chi connectivity index (χ0v) is 9.68. The summed E-state index contributed by atoms with van der Waals surface area (Å²) in [5.74, 6) is 0. The lowest BCUT2D eigenvalue weighted by atomic mass is 11.0. The standard InChI is InChI=1S/C6H7Cl2N4O.ClH/c1-12(2)3-13-6-10-4(7)9-5(8)11-6;/h3H,1-2H3;1H/q+1;/p-1. The SMILES string of the molecule is C[N+](C)=COc1nc(Cl)nc(Cl)n1.[Cl-]. The molecule has 0 aliphatic heterocycles. The van der Waals surface area contributed by atoms with Gasteiger partial charge in [-0.15, -0.1) is 0 Å². The summed E-state index contributed by atoms with van der Waals surface area (Å²) in [6.45, 7) is 0. The molecule has 1 rings (SSSR count). The van der Waals surface area contributed by atoms with Crippen molar-refractivity contribution in [2.24, 2.45) is 0 Å². The molecule has 0 bridgehead atoms. The van der Waals surface area contributed by atoms with Gasteiger partial charge in [-0.3, -0.25) is 0 Å². The molecule has 0 radical (unpaired) electrons. The van der Waals surface area contributed by atoms with Gasteiger partial charge in [0.15, 0.2) is 0 Å². The van der Waals surface area contributed by atoms with Crippen molar-refractivity contribution >= 4 is 29.6 Å². The van der Waals surface area contributed by atoms with E-state index in [0.29, 0.717) is 0 Å². The Morgan fingerprint density at radius 2 is 1.64 bits per heavy atom. The highest BCUT2D eigenvalue weighted by Crippen LogP contribution is 2.10. The van der Waals surface area contributed by atoms with Crippen molar-refractivity contribution in [2.45, 2.75) is 0 Å². The highest BCUT2D eigenvalue weighted by atomic mass is 35.5. The third-order valence-electron chi connectivity index (χ3n) is 0.929. The summed E-state index contributed by atoms with van der Waals surface area (Å²) in [7, 11) is 3.59. The molecule has 0 amide bonds. The lowest BCUT2D eigenvalue weighted by molar-refractivity contribution is -0.466. The fourth-order valence-electron chi connectivity index (χ4n) is 0.514. The fourth-order valence-corrected chi connectivity index (χ4v) is 0.862. The number of nitrogens with zero attached hydrogens (tertiary/aromatic N) is 4. The highest BCUT2D eigenvalue weighted by molar-refractivity contribution is 6.31. The van der Waals surface area contributed by atoms with E-state index in [4.69, 9.17) is 27.9 Å². The summed E-state index contributed by atoms with van der Waals surface area (Å²) in [5.41, 5.74) is 0. The van der Waals surface area contributed by atoms with Crippen LogP contribution in [0.2, 0.25) is 10.6 Å². The highest BCUT2D eigenvalue weighted by Gasteiger charge is 2.03. The van der Waals surface area contributed by atoms with Crippen molar-refractivity contribution in [3.8, 4) is 6.01 Å². The van der Waals surface area contributed by atoms with Gasteiger partial charge in [0.2, 0.25) is 10.6 Å². The lowest BCUT2D eigenvalue weighted by Crippen LogP contribution is -3.00. The Kier molecular flexibility index (Phi) is 5.68. The Morgan fingerprint density at radius 1 is 1.14 bits per heavy atom. The van der Waals surface area contributed by atoms with Crippen molar-refractivity contribution in [1.82, 2.24) is 15.0 Å². The third-order valence-corrected chi connectivity index (χ3v) is 1.27. The minimum Gasteiger partial charge on any atom is -1.00 e. The van der Waals surface area contributed by atoms with Crippen molar-refractivity contribution in [1.29, 1.82) is 0 Å². The van der Waals surface area contributed by atoms with E-state index in [2.05, 4.69) is 15.0 Å². The first-order valence-corrected chi connectivity index (χ1v) is 4.07. The predicted octanol–water partition coefficient (Wildman–Crippen LogP) is -2.14. The van der Waals surface area contributed by atoms with Crippen molar-refractivity contribution in [3.63, 3.8) is 0 Å². The van der Waals surface area contributed by atoms with E-state index in [1.807, 2.05) is 0 Å². The second-order valence-corrected chi connectivity index (χ2v) is 3.02. The maximum absolute atomic E-state index is 5.51. The van der Waals surface area contributed by atoms with Gasteiger partial charge in [-0.05, 0) is 23.2 Å². The Bertz CT molecular complexity index is 320. The number of hydrogen-bond donors (Lipinski definition) is 0. The smallest absolute Gasteiger partial charge is 0.331 e. The van der Waals surface area contributed by atoms with E-state index in [0.717, 1.165) is 0 Å². The minimum absolute atomic E-state index is 0. The molecule has 0 spiro atoms. The second kappa shape index (κ2) is 5.95. The minimum atomic E-state index is 0. The normalized spacial score (nSPS) is 8.86. The van der Waals surface area contributed by atoms with Gasteiger partial charge in [0.05, 0.1) is 0 Å². The molecular formula is C6H7Cl3N4O. The van der Waals surface area contributed by atoms with Gasteiger partial charge >= 0.3 is 12.4 Å². The Labute approximate surface area is 97.2 Å². The molecule has 0 atom stereocenters. The van der Waals surface area contributed by atoms with Crippen LogP contribution in [0.1, 0.15) is 0 Å². The van der Waals surface area contributed by atoms with Crippen LogP contribution in [-0.4, -0.2) is 40.0 Å². The lowest BCUT2D eigenvalue weighted by Gasteiger charge is -1.95. The molecule has 0 unspecified atom stereocenters. The van der Waals surface area contributed by atoms with Gasteiger partial charge in [-0.25, -0.2) is 4.58 Å². The molecule has 0 N–H and O–H groups in total. The average Bonchev–Trinajstić information content (AvgIpc) is 1.99. The number of rotatable bonds is 2. The van der Waals surface area contributed by atoms with Crippen LogP contribution in [0.3, 0.4) is 0 Å². The van der Waals surface area contributed by atoms with E-state index < -0.39 is 0 Å². The molecule has 0 aromatic carbocycles. The van der Waals surface area contributed by atoms with Crippen LogP contribution in [0.25, 0.3) is 0 Å². The quantitative estimate of drug-likeness (QED) is 0.345. The van der Waals surface area contributed by atoms with Gasteiger partial charge in [0, 0.05) is 0 Å². The summed E-state index contributed by atoms with van der Waals surface area (Å²) >= 11 is 11.0. The van der Waals surface area contributed by atoms with Crippen LogP contribution >= 0.6 is 23.2 Å². The van der Waals surface area contributed by atoms with Crippen LogP contribution in [0, 0.1) is 0 Å². The Hall–Kier alpha value is -0.650. The van der Waals surface area contributed by atoms with Gasteiger partial charge in [-0.1, -0.05) is 0 Å². The molecule has 0 saturated heterocycles. The van der Waals surface area contributed by atoms with Crippen molar-refractivity contribution < 1.29 is 21.7 Å². The van der Waals surface area contributed by atoms with E-state index in [9.17, 15) is 0 Å². The summed E-state index contributed by atoms with van der Waals surface area (Å²) in [6.07, 6.45) is 1.42. The van der Waals surface area contributed by atoms with Crippen LogP contribution in [-0.2, 0) is 0 Å². The summed E-state index contributed by atoms with van der Waals surface area (Å²) < 4.78 is 6.68. The first-order chi connectivity index (χ1) is 6.08. The summed E-state index contributed by atoms with van der Waals surface area (Å²) in [5, 5.41) is 0.00399. The van der Waals surface area contributed by atoms with Crippen LogP contribution in [0.15, 0.2) is 0 Å². The molecule has 1 heterocycles. The van der Waals surface area contributed by atoms with Gasteiger partial charge in [-0.2, -0.15) is 15.0 Å². The molecule has 5 nitrogen and oxygen atoms in total. The fraction of sp³-hybridized carbons (Fsp3) is 0.333.